The Hall–Kier alpha value is -1.22. The molecule has 0 aliphatic heterocycles. The van der Waals surface area contributed by atoms with Gasteiger partial charge in [0.1, 0.15) is 11.5 Å². The third-order valence-electron chi connectivity index (χ3n) is 3.27. The number of hydrogen-bond acceptors (Lipinski definition) is 3. The van der Waals surface area contributed by atoms with E-state index in [9.17, 15) is 5.11 Å². The van der Waals surface area contributed by atoms with Crippen molar-refractivity contribution in [3.05, 3.63) is 23.8 Å². The van der Waals surface area contributed by atoms with Crippen LogP contribution in [0, 0.1) is 5.92 Å². The molecule has 0 radical (unpaired) electrons. The molecule has 0 heterocycles. The van der Waals surface area contributed by atoms with Gasteiger partial charge in [0.15, 0.2) is 0 Å². The maximum Gasteiger partial charge on any atom is 0.123 e. The quantitative estimate of drug-likeness (QED) is 0.714. The zero-order chi connectivity index (χ0) is 12.1. The first kappa shape index (κ1) is 12.2. The van der Waals surface area contributed by atoms with Crippen LogP contribution in [0.4, 0.5) is 0 Å². The van der Waals surface area contributed by atoms with Gasteiger partial charge in [0, 0.05) is 18.2 Å². The molecule has 0 atom stereocenters. The van der Waals surface area contributed by atoms with E-state index in [0.29, 0.717) is 11.5 Å². The molecule has 3 nitrogen and oxygen atoms in total. The van der Waals surface area contributed by atoms with E-state index < -0.39 is 0 Å². The number of methoxy groups -OCH3 is 1. The minimum Gasteiger partial charge on any atom is -0.507 e. The zero-order valence-electron chi connectivity index (χ0n) is 10.4. The minimum atomic E-state index is 0.305. The first-order valence-electron chi connectivity index (χ1n) is 6.36. The van der Waals surface area contributed by atoms with Crippen molar-refractivity contribution in [1.29, 1.82) is 0 Å². The smallest absolute Gasteiger partial charge is 0.123 e. The van der Waals surface area contributed by atoms with Gasteiger partial charge in [-0.05, 0) is 31.4 Å². The summed E-state index contributed by atoms with van der Waals surface area (Å²) in [5.74, 6) is 2.00. The molecule has 0 amide bonds. The molecular weight excluding hydrogens is 214 g/mol. The number of ether oxygens (including phenoxy) is 1. The second-order valence-electron chi connectivity index (χ2n) is 4.76. The van der Waals surface area contributed by atoms with Crippen LogP contribution in [0.25, 0.3) is 0 Å². The fourth-order valence-corrected chi connectivity index (χ4v) is 1.97. The van der Waals surface area contributed by atoms with E-state index in [1.165, 1.54) is 25.7 Å². The van der Waals surface area contributed by atoms with Crippen LogP contribution in [0.5, 0.6) is 11.5 Å². The highest BCUT2D eigenvalue weighted by atomic mass is 16.5. The molecule has 3 heteroatoms. The molecule has 1 aromatic carbocycles. The van der Waals surface area contributed by atoms with Crippen LogP contribution in [-0.2, 0) is 6.54 Å². The van der Waals surface area contributed by atoms with Gasteiger partial charge in [0.2, 0.25) is 0 Å². The summed E-state index contributed by atoms with van der Waals surface area (Å²) in [7, 11) is 1.60. The lowest BCUT2D eigenvalue weighted by Crippen LogP contribution is -2.14. The van der Waals surface area contributed by atoms with Gasteiger partial charge >= 0.3 is 0 Å². The number of rotatable bonds is 7. The molecule has 94 valence electrons. The van der Waals surface area contributed by atoms with Crippen molar-refractivity contribution >= 4 is 0 Å². The van der Waals surface area contributed by atoms with Crippen molar-refractivity contribution in [1.82, 2.24) is 5.32 Å². The highest BCUT2D eigenvalue weighted by Gasteiger charge is 2.19. The van der Waals surface area contributed by atoms with Gasteiger partial charge in [-0.3, -0.25) is 0 Å². The Balaban J connectivity index is 1.70. The van der Waals surface area contributed by atoms with Crippen LogP contribution in [0.15, 0.2) is 18.2 Å². The second-order valence-corrected chi connectivity index (χ2v) is 4.76. The molecule has 1 aliphatic rings. The molecule has 1 aromatic rings. The first-order chi connectivity index (χ1) is 8.29. The number of aromatic hydroxyl groups is 1. The van der Waals surface area contributed by atoms with E-state index in [4.69, 9.17) is 4.74 Å². The van der Waals surface area contributed by atoms with Crippen molar-refractivity contribution in [2.75, 3.05) is 13.7 Å². The summed E-state index contributed by atoms with van der Waals surface area (Å²) in [5.41, 5.74) is 0.928. The van der Waals surface area contributed by atoms with E-state index in [1.54, 1.807) is 13.2 Å². The van der Waals surface area contributed by atoms with Gasteiger partial charge < -0.3 is 15.2 Å². The standard InChI is InChI=1S/C14H21NO2/c1-17-13-7-6-12(14(16)9-13)10-15-8-2-3-11-4-5-11/h6-7,9,11,15-16H,2-5,8,10H2,1H3. The first-order valence-corrected chi connectivity index (χ1v) is 6.36. The highest BCUT2D eigenvalue weighted by molar-refractivity contribution is 5.39. The Bertz CT molecular complexity index is 361. The molecule has 1 saturated carbocycles. The topological polar surface area (TPSA) is 41.5 Å². The summed E-state index contributed by atoms with van der Waals surface area (Å²) in [5, 5.41) is 13.1. The summed E-state index contributed by atoms with van der Waals surface area (Å²) in [6.45, 7) is 1.75. The molecule has 17 heavy (non-hydrogen) atoms. The molecule has 0 unspecified atom stereocenters. The highest BCUT2D eigenvalue weighted by Crippen LogP contribution is 2.33. The van der Waals surface area contributed by atoms with Crippen molar-refractivity contribution < 1.29 is 9.84 Å². The second kappa shape index (κ2) is 5.92. The average Bonchev–Trinajstić information content (AvgIpc) is 3.14. The third-order valence-corrected chi connectivity index (χ3v) is 3.27. The Morgan fingerprint density at radius 1 is 1.41 bits per heavy atom. The molecule has 0 bridgehead atoms. The van der Waals surface area contributed by atoms with Crippen LogP contribution in [0.2, 0.25) is 0 Å². The summed E-state index contributed by atoms with van der Waals surface area (Å²) in [4.78, 5) is 0. The van der Waals surface area contributed by atoms with Gasteiger partial charge in [-0.1, -0.05) is 18.9 Å². The van der Waals surface area contributed by atoms with Gasteiger partial charge in [0.05, 0.1) is 7.11 Å². The monoisotopic (exact) mass is 235 g/mol. The molecular formula is C14H21NO2. The summed E-state index contributed by atoms with van der Waals surface area (Å²) in [6.07, 6.45) is 5.45. The number of phenols is 1. The van der Waals surface area contributed by atoms with E-state index in [1.807, 2.05) is 12.1 Å². The minimum absolute atomic E-state index is 0.305. The predicted octanol–water partition coefficient (Wildman–Crippen LogP) is 2.68. The maximum atomic E-state index is 9.76. The number of phenolic OH excluding ortho intramolecular Hbond substituents is 1. The van der Waals surface area contributed by atoms with Crippen molar-refractivity contribution in [3.63, 3.8) is 0 Å². The summed E-state index contributed by atoms with van der Waals surface area (Å²) < 4.78 is 5.05. The van der Waals surface area contributed by atoms with E-state index in [2.05, 4.69) is 5.32 Å². The molecule has 0 spiro atoms. The van der Waals surface area contributed by atoms with Crippen molar-refractivity contribution in [3.8, 4) is 11.5 Å². The largest absolute Gasteiger partial charge is 0.507 e. The lowest BCUT2D eigenvalue weighted by atomic mass is 10.2. The average molecular weight is 235 g/mol. The van der Waals surface area contributed by atoms with Crippen molar-refractivity contribution in [2.45, 2.75) is 32.2 Å². The van der Waals surface area contributed by atoms with Gasteiger partial charge in [-0.2, -0.15) is 0 Å². The molecule has 2 rings (SSSR count). The van der Waals surface area contributed by atoms with Gasteiger partial charge in [-0.25, -0.2) is 0 Å². The Kier molecular flexibility index (Phi) is 4.26. The van der Waals surface area contributed by atoms with E-state index >= 15 is 0 Å². The number of hydrogen-bond donors (Lipinski definition) is 2. The van der Waals surface area contributed by atoms with Crippen molar-refractivity contribution in [2.24, 2.45) is 5.92 Å². The van der Waals surface area contributed by atoms with Crippen LogP contribution in [0.1, 0.15) is 31.2 Å². The molecule has 2 N–H and O–H groups in total. The van der Waals surface area contributed by atoms with Crippen LogP contribution < -0.4 is 10.1 Å². The third kappa shape index (κ3) is 3.93. The van der Waals surface area contributed by atoms with Gasteiger partial charge in [-0.15, -0.1) is 0 Å². The molecule has 0 saturated heterocycles. The van der Waals surface area contributed by atoms with Crippen LogP contribution in [0.3, 0.4) is 0 Å². The maximum absolute atomic E-state index is 9.76. The SMILES string of the molecule is COc1ccc(CNCCCC2CC2)c(O)c1. The number of nitrogens with one attached hydrogen (secondary N) is 1. The molecule has 1 aliphatic carbocycles. The predicted molar refractivity (Wildman–Crippen MR) is 68.3 cm³/mol. The number of benzene rings is 1. The zero-order valence-corrected chi connectivity index (χ0v) is 10.4. The van der Waals surface area contributed by atoms with E-state index in [0.717, 1.165) is 24.6 Å². The molecule has 1 fully saturated rings. The lowest BCUT2D eigenvalue weighted by Gasteiger charge is -2.08. The summed E-state index contributed by atoms with van der Waals surface area (Å²) >= 11 is 0. The van der Waals surface area contributed by atoms with Crippen LogP contribution >= 0.6 is 0 Å². The Morgan fingerprint density at radius 3 is 2.88 bits per heavy atom. The van der Waals surface area contributed by atoms with E-state index in [-0.39, 0.29) is 0 Å². The Labute approximate surface area is 103 Å². The van der Waals surface area contributed by atoms with Crippen LogP contribution in [-0.4, -0.2) is 18.8 Å². The Morgan fingerprint density at radius 2 is 2.24 bits per heavy atom. The molecule has 0 aromatic heterocycles. The summed E-state index contributed by atoms with van der Waals surface area (Å²) in [6, 6.07) is 5.43. The fraction of sp³-hybridized carbons (Fsp3) is 0.571. The lowest BCUT2D eigenvalue weighted by molar-refractivity contribution is 0.406. The fourth-order valence-electron chi connectivity index (χ4n) is 1.97. The normalized spacial score (nSPS) is 14.9. The van der Waals surface area contributed by atoms with Gasteiger partial charge in [0.25, 0.3) is 0 Å².